The normalized spacial score (nSPS) is 21.6. The lowest BCUT2D eigenvalue weighted by Gasteiger charge is -2.28. The van der Waals surface area contributed by atoms with Crippen molar-refractivity contribution >= 4 is 5.95 Å². The van der Waals surface area contributed by atoms with Gasteiger partial charge >= 0.3 is 0 Å². The van der Waals surface area contributed by atoms with Crippen molar-refractivity contribution in [2.75, 3.05) is 25.1 Å². The average Bonchev–Trinajstić information content (AvgIpc) is 3.15. The Morgan fingerprint density at radius 2 is 2.38 bits per heavy atom. The van der Waals surface area contributed by atoms with Crippen LogP contribution in [0.1, 0.15) is 18.9 Å². The predicted octanol–water partition coefficient (Wildman–Crippen LogP) is 1.60. The van der Waals surface area contributed by atoms with E-state index in [9.17, 15) is 4.39 Å². The molecule has 0 bridgehead atoms. The molecule has 2 aromatic rings. The summed E-state index contributed by atoms with van der Waals surface area (Å²) >= 11 is 0. The van der Waals surface area contributed by atoms with E-state index in [1.54, 1.807) is 16.8 Å². The van der Waals surface area contributed by atoms with Gasteiger partial charge in [0.25, 0.3) is 0 Å². The SMILES string of the molecule is CCn1nnnc1NCC1(c2cccc(F)c2)CCOC1. The van der Waals surface area contributed by atoms with Crippen LogP contribution in [-0.2, 0) is 16.7 Å². The van der Waals surface area contributed by atoms with Crippen LogP contribution in [0.25, 0.3) is 0 Å². The predicted molar refractivity (Wildman–Crippen MR) is 75.5 cm³/mol. The van der Waals surface area contributed by atoms with Crippen LogP contribution >= 0.6 is 0 Å². The molecular weight excluding hydrogens is 273 g/mol. The highest BCUT2D eigenvalue weighted by Gasteiger charge is 2.37. The van der Waals surface area contributed by atoms with Gasteiger partial charge in [0.2, 0.25) is 5.95 Å². The Bertz CT molecular complexity index is 609. The van der Waals surface area contributed by atoms with E-state index in [1.165, 1.54) is 6.07 Å². The second-order valence-electron chi connectivity index (χ2n) is 5.27. The molecule has 0 saturated carbocycles. The fourth-order valence-corrected chi connectivity index (χ4v) is 2.69. The molecule has 2 heterocycles. The van der Waals surface area contributed by atoms with Gasteiger partial charge in [-0.2, -0.15) is 0 Å². The van der Waals surface area contributed by atoms with Gasteiger partial charge in [-0.05, 0) is 41.5 Å². The Hall–Kier alpha value is -2.02. The van der Waals surface area contributed by atoms with Crippen LogP contribution in [-0.4, -0.2) is 40.0 Å². The first kappa shape index (κ1) is 13.9. The Balaban J connectivity index is 1.82. The molecule has 1 fully saturated rings. The fourth-order valence-electron chi connectivity index (χ4n) is 2.69. The minimum absolute atomic E-state index is 0.225. The first-order chi connectivity index (χ1) is 10.2. The molecule has 0 aliphatic carbocycles. The molecule has 1 aromatic heterocycles. The molecule has 6 nitrogen and oxygen atoms in total. The monoisotopic (exact) mass is 291 g/mol. The van der Waals surface area contributed by atoms with Gasteiger partial charge in [-0.15, -0.1) is 0 Å². The Kier molecular flexibility index (Phi) is 3.83. The van der Waals surface area contributed by atoms with Crippen molar-refractivity contribution in [3.63, 3.8) is 0 Å². The Labute approximate surface area is 122 Å². The number of rotatable bonds is 5. The summed E-state index contributed by atoms with van der Waals surface area (Å²) in [5, 5.41) is 14.8. The highest BCUT2D eigenvalue weighted by Crippen LogP contribution is 2.33. The van der Waals surface area contributed by atoms with Crippen LogP contribution in [0.15, 0.2) is 24.3 Å². The largest absolute Gasteiger partial charge is 0.380 e. The Morgan fingerprint density at radius 3 is 3.10 bits per heavy atom. The summed E-state index contributed by atoms with van der Waals surface area (Å²) in [6.45, 7) is 4.52. The van der Waals surface area contributed by atoms with Crippen LogP contribution < -0.4 is 5.32 Å². The van der Waals surface area contributed by atoms with Crippen LogP contribution in [0.2, 0.25) is 0 Å². The number of benzene rings is 1. The third kappa shape index (κ3) is 2.73. The number of hydrogen-bond acceptors (Lipinski definition) is 5. The number of aryl methyl sites for hydroxylation is 1. The summed E-state index contributed by atoms with van der Waals surface area (Å²) in [4.78, 5) is 0. The van der Waals surface area contributed by atoms with Gasteiger partial charge < -0.3 is 10.1 Å². The van der Waals surface area contributed by atoms with Crippen LogP contribution in [0.3, 0.4) is 0 Å². The van der Waals surface area contributed by atoms with E-state index in [2.05, 4.69) is 20.8 Å². The molecule has 21 heavy (non-hydrogen) atoms. The fraction of sp³-hybridized carbons (Fsp3) is 0.500. The van der Waals surface area contributed by atoms with E-state index < -0.39 is 0 Å². The summed E-state index contributed by atoms with van der Waals surface area (Å²) in [6.07, 6.45) is 0.844. The van der Waals surface area contributed by atoms with Crippen molar-refractivity contribution in [3.05, 3.63) is 35.6 Å². The highest BCUT2D eigenvalue weighted by atomic mass is 19.1. The van der Waals surface area contributed by atoms with Crippen molar-refractivity contribution in [1.29, 1.82) is 0 Å². The van der Waals surface area contributed by atoms with Gasteiger partial charge in [-0.3, -0.25) is 0 Å². The average molecular weight is 291 g/mol. The third-order valence-electron chi connectivity index (χ3n) is 3.96. The van der Waals surface area contributed by atoms with Crippen LogP contribution in [0.5, 0.6) is 0 Å². The minimum atomic E-state index is -0.243. The molecule has 1 unspecified atom stereocenters. The molecule has 1 aliphatic rings. The summed E-state index contributed by atoms with van der Waals surface area (Å²) in [6, 6.07) is 6.72. The van der Waals surface area contributed by atoms with E-state index in [1.807, 2.05) is 13.0 Å². The standard InChI is InChI=1S/C14H18FN5O/c1-2-20-13(17-18-19-20)16-9-14(6-7-21-10-14)11-4-3-5-12(15)8-11/h3-5,8H,2,6-7,9-10H2,1H3,(H,16,17,19). The number of anilines is 1. The Morgan fingerprint density at radius 1 is 1.48 bits per heavy atom. The summed E-state index contributed by atoms with van der Waals surface area (Å²) in [5.41, 5.74) is 0.704. The summed E-state index contributed by atoms with van der Waals surface area (Å²) < 4.78 is 20.8. The molecule has 0 radical (unpaired) electrons. The molecule has 112 valence electrons. The van der Waals surface area contributed by atoms with Crippen LogP contribution in [0.4, 0.5) is 10.3 Å². The van der Waals surface area contributed by atoms with Crippen LogP contribution in [0, 0.1) is 5.82 Å². The number of nitrogens with zero attached hydrogens (tertiary/aromatic N) is 4. The van der Waals surface area contributed by atoms with Crippen molar-refractivity contribution in [2.45, 2.75) is 25.3 Å². The molecule has 1 saturated heterocycles. The number of hydrogen-bond donors (Lipinski definition) is 1. The van der Waals surface area contributed by atoms with Gasteiger partial charge in [-0.1, -0.05) is 17.2 Å². The molecule has 0 spiro atoms. The lowest BCUT2D eigenvalue weighted by atomic mass is 9.79. The van der Waals surface area contributed by atoms with Crippen molar-refractivity contribution < 1.29 is 9.13 Å². The second-order valence-corrected chi connectivity index (χ2v) is 5.27. The van der Waals surface area contributed by atoms with Gasteiger partial charge in [-0.25, -0.2) is 9.07 Å². The maximum Gasteiger partial charge on any atom is 0.242 e. The van der Waals surface area contributed by atoms with Gasteiger partial charge in [0.1, 0.15) is 5.82 Å². The maximum atomic E-state index is 13.5. The van der Waals surface area contributed by atoms with Gasteiger partial charge in [0.15, 0.2) is 0 Å². The summed E-state index contributed by atoms with van der Waals surface area (Å²) in [7, 11) is 0. The highest BCUT2D eigenvalue weighted by molar-refractivity contribution is 5.32. The van der Waals surface area contributed by atoms with E-state index >= 15 is 0 Å². The van der Waals surface area contributed by atoms with Crippen molar-refractivity contribution in [3.8, 4) is 0 Å². The lowest BCUT2D eigenvalue weighted by Crippen LogP contribution is -2.35. The van der Waals surface area contributed by atoms with Crippen molar-refractivity contribution in [1.82, 2.24) is 20.2 Å². The number of tetrazole rings is 1. The first-order valence-electron chi connectivity index (χ1n) is 7.07. The molecule has 0 amide bonds. The van der Waals surface area contributed by atoms with E-state index in [0.717, 1.165) is 12.0 Å². The molecular formula is C14H18FN5O. The lowest BCUT2D eigenvalue weighted by molar-refractivity contribution is 0.179. The first-order valence-corrected chi connectivity index (χ1v) is 7.07. The summed E-state index contributed by atoms with van der Waals surface area (Å²) in [5.74, 6) is 0.400. The molecule has 7 heteroatoms. The second kappa shape index (κ2) is 5.77. The van der Waals surface area contributed by atoms with E-state index in [-0.39, 0.29) is 11.2 Å². The number of halogens is 1. The van der Waals surface area contributed by atoms with E-state index in [0.29, 0.717) is 32.3 Å². The van der Waals surface area contributed by atoms with Gasteiger partial charge in [0, 0.05) is 25.1 Å². The van der Waals surface area contributed by atoms with Gasteiger partial charge in [0.05, 0.1) is 6.61 Å². The topological polar surface area (TPSA) is 64.9 Å². The number of ether oxygens (including phenoxy) is 1. The minimum Gasteiger partial charge on any atom is -0.380 e. The quantitative estimate of drug-likeness (QED) is 0.906. The molecule has 1 N–H and O–H groups in total. The number of aromatic nitrogens is 4. The molecule has 3 rings (SSSR count). The zero-order valence-corrected chi connectivity index (χ0v) is 11.9. The zero-order chi connectivity index (χ0) is 14.7. The van der Waals surface area contributed by atoms with Crippen molar-refractivity contribution in [2.24, 2.45) is 0 Å². The maximum absolute atomic E-state index is 13.5. The molecule has 1 aromatic carbocycles. The molecule has 1 atom stereocenters. The third-order valence-corrected chi connectivity index (χ3v) is 3.96. The number of nitrogens with one attached hydrogen (secondary N) is 1. The zero-order valence-electron chi connectivity index (χ0n) is 11.9. The smallest absolute Gasteiger partial charge is 0.242 e. The van der Waals surface area contributed by atoms with E-state index in [4.69, 9.17) is 4.74 Å². The molecule has 1 aliphatic heterocycles.